The second kappa shape index (κ2) is 3.49. The monoisotopic (exact) mass is 202 g/mol. The number of rotatable bonds is 2. The van der Waals surface area contributed by atoms with Gasteiger partial charge in [0.2, 0.25) is 0 Å². The highest BCUT2D eigenvalue weighted by Crippen LogP contribution is 2.37. The fourth-order valence-corrected chi connectivity index (χ4v) is 2.27. The van der Waals surface area contributed by atoms with E-state index in [-0.39, 0.29) is 13.2 Å². The number of carbonyl (C=O) groups is 1. The molecule has 0 aromatic rings. The molecule has 3 atom stereocenters. The van der Waals surface area contributed by atoms with E-state index in [9.17, 15) is 9.90 Å². The van der Waals surface area contributed by atoms with Crippen molar-refractivity contribution in [3.63, 3.8) is 0 Å². The maximum Gasteiger partial charge on any atom is 0.336 e. The minimum atomic E-state index is -1.21. The Hall–Kier alpha value is -0.650. The molecule has 14 heavy (non-hydrogen) atoms. The van der Waals surface area contributed by atoms with Crippen molar-refractivity contribution in [2.75, 3.05) is 19.8 Å². The summed E-state index contributed by atoms with van der Waals surface area (Å²) in [5.74, 6) is -1.41. The first-order chi connectivity index (χ1) is 6.67. The predicted molar refractivity (Wildman–Crippen MR) is 45.9 cm³/mol. The van der Waals surface area contributed by atoms with E-state index >= 15 is 0 Å². The first-order valence-electron chi connectivity index (χ1n) is 4.80. The summed E-state index contributed by atoms with van der Waals surface area (Å²) in [6, 6.07) is 0. The van der Waals surface area contributed by atoms with E-state index in [0.717, 1.165) is 6.42 Å². The number of ether oxygens (including phenoxy) is 2. The van der Waals surface area contributed by atoms with Gasteiger partial charge in [-0.25, -0.2) is 4.79 Å². The lowest BCUT2D eigenvalue weighted by molar-refractivity contribution is -0.170. The van der Waals surface area contributed by atoms with Gasteiger partial charge in [0.05, 0.1) is 25.2 Å². The van der Waals surface area contributed by atoms with Crippen molar-refractivity contribution in [3.8, 4) is 0 Å². The summed E-state index contributed by atoms with van der Waals surface area (Å²) in [4.78, 5) is 11.2. The van der Waals surface area contributed by atoms with Crippen LogP contribution in [0.3, 0.4) is 0 Å². The summed E-state index contributed by atoms with van der Waals surface area (Å²) < 4.78 is 10.4. The minimum Gasteiger partial charge on any atom is -0.479 e. The summed E-state index contributed by atoms with van der Waals surface area (Å²) >= 11 is 0. The number of carboxylic acids is 1. The third-order valence-corrected chi connectivity index (χ3v) is 3.06. The molecule has 2 rings (SSSR count). The molecule has 0 aromatic carbocycles. The van der Waals surface area contributed by atoms with Crippen molar-refractivity contribution in [1.29, 1.82) is 0 Å². The zero-order chi connectivity index (χ0) is 10.2. The van der Waals surface area contributed by atoms with Crippen molar-refractivity contribution in [2.24, 2.45) is 5.92 Å². The van der Waals surface area contributed by atoms with Crippen LogP contribution in [-0.2, 0) is 14.3 Å². The number of carboxylic acid groups (broad SMARTS) is 1. The molecule has 2 fully saturated rings. The Labute approximate surface area is 81.6 Å². The van der Waals surface area contributed by atoms with E-state index in [1.54, 1.807) is 0 Å². The smallest absolute Gasteiger partial charge is 0.336 e. The highest BCUT2D eigenvalue weighted by molar-refractivity contribution is 5.78. The van der Waals surface area contributed by atoms with E-state index in [4.69, 9.17) is 14.6 Å². The van der Waals surface area contributed by atoms with E-state index in [0.29, 0.717) is 13.0 Å². The topological polar surface area (TPSA) is 76.0 Å². The molecule has 3 unspecified atom stereocenters. The van der Waals surface area contributed by atoms with Crippen LogP contribution in [0, 0.1) is 5.92 Å². The van der Waals surface area contributed by atoms with E-state index in [1.165, 1.54) is 0 Å². The molecule has 5 nitrogen and oxygen atoms in total. The van der Waals surface area contributed by atoms with Gasteiger partial charge in [-0.2, -0.15) is 0 Å². The normalized spacial score (nSPS) is 42.9. The Bertz CT molecular complexity index is 233. The van der Waals surface area contributed by atoms with E-state index in [2.05, 4.69) is 0 Å². The van der Waals surface area contributed by atoms with Crippen LogP contribution in [0.15, 0.2) is 0 Å². The molecule has 5 heteroatoms. The molecule has 0 radical (unpaired) electrons. The van der Waals surface area contributed by atoms with Crippen LogP contribution < -0.4 is 0 Å². The van der Waals surface area contributed by atoms with Gasteiger partial charge >= 0.3 is 5.97 Å². The number of aliphatic hydroxyl groups excluding tert-OH is 1. The van der Waals surface area contributed by atoms with Gasteiger partial charge in [-0.05, 0) is 12.8 Å². The van der Waals surface area contributed by atoms with Crippen molar-refractivity contribution in [2.45, 2.75) is 24.5 Å². The van der Waals surface area contributed by atoms with Gasteiger partial charge in [-0.15, -0.1) is 0 Å². The van der Waals surface area contributed by atoms with E-state index < -0.39 is 23.6 Å². The first-order valence-corrected chi connectivity index (χ1v) is 4.80. The Morgan fingerprint density at radius 2 is 2.21 bits per heavy atom. The molecule has 2 heterocycles. The second-order valence-electron chi connectivity index (χ2n) is 3.86. The highest BCUT2D eigenvalue weighted by atomic mass is 16.5. The van der Waals surface area contributed by atoms with Gasteiger partial charge in [0, 0.05) is 6.61 Å². The van der Waals surface area contributed by atoms with Crippen LogP contribution in [0.5, 0.6) is 0 Å². The Morgan fingerprint density at radius 1 is 1.43 bits per heavy atom. The lowest BCUT2D eigenvalue weighted by Gasteiger charge is -2.30. The van der Waals surface area contributed by atoms with Crippen LogP contribution in [0.1, 0.15) is 12.8 Å². The molecule has 0 amide bonds. The number of aliphatic hydroxyl groups is 1. The zero-order valence-electron chi connectivity index (χ0n) is 7.81. The molecule has 0 aromatic heterocycles. The maximum absolute atomic E-state index is 11.2. The lowest BCUT2D eigenvalue weighted by atomic mass is 9.83. The van der Waals surface area contributed by atoms with Crippen LogP contribution in [0.25, 0.3) is 0 Å². The average Bonchev–Trinajstić information content (AvgIpc) is 2.72. The van der Waals surface area contributed by atoms with Crippen molar-refractivity contribution in [3.05, 3.63) is 0 Å². The second-order valence-corrected chi connectivity index (χ2v) is 3.86. The van der Waals surface area contributed by atoms with Crippen LogP contribution in [0.2, 0.25) is 0 Å². The number of hydrogen-bond acceptors (Lipinski definition) is 4. The van der Waals surface area contributed by atoms with Crippen LogP contribution >= 0.6 is 0 Å². The molecule has 2 saturated heterocycles. The number of hydrogen-bond donors (Lipinski definition) is 2. The first kappa shape index (κ1) is 9.89. The summed E-state index contributed by atoms with van der Waals surface area (Å²) in [7, 11) is 0. The Morgan fingerprint density at radius 3 is 2.64 bits per heavy atom. The lowest BCUT2D eigenvalue weighted by Crippen LogP contribution is -2.49. The van der Waals surface area contributed by atoms with Gasteiger partial charge in [-0.3, -0.25) is 0 Å². The summed E-state index contributed by atoms with van der Waals surface area (Å²) in [6.07, 6.45) is 0.479. The molecule has 2 N–H and O–H groups in total. The van der Waals surface area contributed by atoms with Gasteiger partial charge in [0.1, 0.15) is 0 Å². The maximum atomic E-state index is 11.2. The molecular formula is C9H14O5. The SMILES string of the molecule is O=C(O)C1(C2COCC2O)CCCO1. The third kappa shape index (κ3) is 1.32. The zero-order valence-corrected chi connectivity index (χ0v) is 7.81. The minimum absolute atomic E-state index is 0.211. The molecule has 0 bridgehead atoms. The van der Waals surface area contributed by atoms with E-state index in [1.807, 2.05) is 0 Å². The molecule has 0 saturated carbocycles. The van der Waals surface area contributed by atoms with Crippen LogP contribution in [0.4, 0.5) is 0 Å². The van der Waals surface area contributed by atoms with Gasteiger partial charge in [-0.1, -0.05) is 0 Å². The Kier molecular flexibility index (Phi) is 2.47. The molecule has 2 aliphatic rings. The molecule has 80 valence electrons. The Balaban J connectivity index is 2.21. The van der Waals surface area contributed by atoms with Gasteiger partial charge in [0.25, 0.3) is 0 Å². The fraction of sp³-hybridized carbons (Fsp3) is 0.889. The number of aliphatic carboxylic acids is 1. The van der Waals surface area contributed by atoms with Gasteiger partial charge in [0.15, 0.2) is 5.60 Å². The third-order valence-electron chi connectivity index (χ3n) is 3.06. The standard InChI is InChI=1S/C9H14O5/c10-7-5-13-4-6(7)9(8(11)12)2-1-3-14-9/h6-7,10H,1-5H2,(H,11,12). The van der Waals surface area contributed by atoms with Crippen LogP contribution in [-0.4, -0.2) is 47.7 Å². The van der Waals surface area contributed by atoms with Crippen molar-refractivity contribution < 1.29 is 24.5 Å². The predicted octanol–water partition coefficient (Wildman–Crippen LogP) is -0.373. The fourth-order valence-electron chi connectivity index (χ4n) is 2.27. The summed E-state index contributed by atoms with van der Waals surface area (Å²) in [5.41, 5.74) is -1.21. The molecule has 0 spiro atoms. The summed E-state index contributed by atoms with van der Waals surface area (Å²) in [5, 5.41) is 18.7. The van der Waals surface area contributed by atoms with Gasteiger partial charge < -0.3 is 19.7 Å². The quantitative estimate of drug-likeness (QED) is 0.638. The molecule has 2 aliphatic heterocycles. The van der Waals surface area contributed by atoms with Crippen molar-refractivity contribution in [1.82, 2.24) is 0 Å². The molecule has 0 aliphatic carbocycles. The average molecular weight is 202 g/mol. The summed E-state index contributed by atoms with van der Waals surface area (Å²) in [6.45, 7) is 0.937. The largest absolute Gasteiger partial charge is 0.479 e. The molecular weight excluding hydrogens is 188 g/mol. The highest BCUT2D eigenvalue weighted by Gasteiger charge is 2.54. The van der Waals surface area contributed by atoms with Crippen molar-refractivity contribution >= 4 is 5.97 Å².